The minimum Gasteiger partial charge on any atom is -0.348 e. The average molecular weight is 268 g/mol. The van der Waals surface area contributed by atoms with Gasteiger partial charge in [0.25, 0.3) is 0 Å². The molecular weight excluding hydrogens is 248 g/mol. The van der Waals surface area contributed by atoms with E-state index in [1.165, 1.54) is 4.88 Å². The molecule has 0 radical (unpaired) electrons. The van der Waals surface area contributed by atoms with Gasteiger partial charge < -0.3 is 9.47 Å². The van der Waals surface area contributed by atoms with Gasteiger partial charge in [-0.25, -0.2) is 0 Å². The van der Waals surface area contributed by atoms with E-state index in [4.69, 9.17) is 9.47 Å². The number of nitrogens with zero attached hydrogens (tertiary/aromatic N) is 2. The lowest BCUT2D eigenvalue weighted by atomic mass is 9.89. The van der Waals surface area contributed by atoms with Crippen molar-refractivity contribution < 1.29 is 9.47 Å². The Morgan fingerprint density at radius 3 is 2.72 bits per heavy atom. The highest BCUT2D eigenvalue weighted by atomic mass is 32.1. The highest BCUT2D eigenvalue weighted by Gasteiger charge is 2.40. The zero-order chi connectivity index (χ0) is 12.4. The third-order valence-corrected chi connectivity index (χ3v) is 4.81. The van der Waals surface area contributed by atoms with Crippen molar-refractivity contribution in [2.75, 3.05) is 20.3 Å². The van der Waals surface area contributed by atoms with Gasteiger partial charge in [-0.1, -0.05) is 0 Å². The molecule has 1 aliphatic carbocycles. The van der Waals surface area contributed by atoms with Crippen molar-refractivity contribution in [1.29, 1.82) is 0 Å². The zero-order valence-electron chi connectivity index (χ0n) is 10.8. The standard InChI is InChI=1S/C13H20N2O2S/c1-15(9-12-8-14-10-18-12)11-2-4-13(5-3-11)16-6-7-17-13/h8,10-11H,2-7,9H2,1H3. The molecular formula is C13H20N2O2S. The van der Waals surface area contributed by atoms with E-state index in [2.05, 4.69) is 16.9 Å². The van der Waals surface area contributed by atoms with Crippen LogP contribution in [0.4, 0.5) is 0 Å². The maximum absolute atomic E-state index is 5.77. The fraction of sp³-hybridized carbons (Fsp3) is 0.769. The largest absolute Gasteiger partial charge is 0.348 e. The summed E-state index contributed by atoms with van der Waals surface area (Å²) in [5, 5.41) is 0. The molecule has 100 valence electrons. The molecule has 0 N–H and O–H groups in total. The number of rotatable bonds is 3. The Morgan fingerprint density at radius 1 is 1.39 bits per heavy atom. The third-order valence-electron chi connectivity index (χ3n) is 4.04. The van der Waals surface area contributed by atoms with Crippen LogP contribution in [0.2, 0.25) is 0 Å². The van der Waals surface area contributed by atoms with Crippen molar-refractivity contribution in [3.63, 3.8) is 0 Å². The Bertz CT molecular complexity index is 366. The number of aromatic nitrogens is 1. The van der Waals surface area contributed by atoms with Crippen LogP contribution in [0, 0.1) is 0 Å². The van der Waals surface area contributed by atoms with Crippen LogP contribution in [0.5, 0.6) is 0 Å². The lowest BCUT2D eigenvalue weighted by molar-refractivity contribution is -0.183. The lowest BCUT2D eigenvalue weighted by Crippen LogP contribution is -2.42. The summed E-state index contributed by atoms with van der Waals surface area (Å²) in [4.78, 5) is 7.91. The second kappa shape index (κ2) is 5.25. The molecule has 4 nitrogen and oxygen atoms in total. The Kier molecular flexibility index (Phi) is 3.66. The molecule has 3 rings (SSSR count). The molecule has 0 aromatic carbocycles. The monoisotopic (exact) mass is 268 g/mol. The quantitative estimate of drug-likeness (QED) is 0.842. The van der Waals surface area contributed by atoms with Gasteiger partial charge in [0, 0.05) is 36.5 Å². The SMILES string of the molecule is CN(Cc1cncs1)C1CCC2(CC1)OCCO2. The van der Waals surface area contributed by atoms with Gasteiger partial charge in [-0.3, -0.25) is 9.88 Å². The Hall–Kier alpha value is -0.490. The van der Waals surface area contributed by atoms with Crippen LogP contribution in [0.1, 0.15) is 30.6 Å². The molecule has 1 aromatic heterocycles. The summed E-state index contributed by atoms with van der Waals surface area (Å²) in [7, 11) is 2.21. The first-order valence-electron chi connectivity index (χ1n) is 6.63. The number of hydrogen-bond donors (Lipinski definition) is 0. The second-order valence-electron chi connectivity index (χ2n) is 5.22. The Morgan fingerprint density at radius 2 is 2.11 bits per heavy atom. The Labute approximate surface area is 112 Å². The smallest absolute Gasteiger partial charge is 0.168 e. The number of ether oxygens (including phenoxy) is 2. The van der Waals surface area contributed by atoms with Crippen LogP contribution >= 0.6 is 11.3 Å². The first-order valence-corrected chi connectivity index (χ1v) is 7.51. The molecule has 2 fully saturated rings. The van der Waals surface area contributed by atoms with Gasteiger partial charge in [-0.05, 0) is 19.9 Å². The summed E-state index contributed by atoms with van der Waals surface area (Å²) in [6.07, 6.45) is 6.36. The van der Waals surface area contributed by atoms with Crippen LogP contribution in [0.15, 0.2) is 11.7 Å². The van der Waals surface area contributed by atoms with Crippen molar-refractivity contribution in [3.8, 4) is 0 Å². The van der Waals surface area contributed by atoms with E-state index in [0.717, 1.165) is 45.4 Å². The van der Waals surface area contributed by atoms with Gasteiger partial charge in [0.2, 0.25) is 0 Å². The first-order chi connectivity index (χ1) is 8.77. The van der Waals surface area contributed by atoms with E-state index in [0.29, 0.717) is 6.04 Å². The zero-order valence-corrected chi connectivity index (χ0v) is 11.6. The molecule has 18 heavy (non-hydrogen) atoms. The molecule has 5 heteroatoms. The van der Waals surface area contributed by atoms with Gasteiger partial charge in [-0.15, -0.1) is 11.3 Å². The van der Waals surface area contributed by atoms with E-state index in [9.17, 15) is 0 Å². The molecule has 1 aliphatic heterocycles. The summed E-state index contributed by atoms with van der Waals surface area (Å²) in [6, 6.07) is 0.644. The Balaban J connectivity index is 1.52. The second-order valence-corrected chi connectivity index (χ2v) is 6.19. The molecule has 2 aliphatic rings. The predicted molar refractivity (Wildman–Crippen MR) is 70.5 cm³/mol. The predicted octanol–water partition coefficient (Wildman–Crippen LogP) is 2.26. The minimum absolute atomic E-state index is 0.234. The maximum atomic E-state index is 5.77. The summed E-state index contributed by atoms with van der Waals surface area (Å²) in [5.74, 6) is -0.234. The van der Waals surface area contributed by atoms with E-state index in [1.807, 2.05) is 11.7 Å². The van der Waals surface area contributed by atoms with Crippen molar-refractivity contribution in [3.05, 3.63) is 16.6 Å². The van der Waals surface area contributed by atoms with Crippen LogP contribution in [-0.4, -0.2) is 42.0 Å². The summed E-state index contributed by atoms with van der Waals surface area (Å²) in [6.45, 7) is 2.53. The highest BCUT2D eigenvalue weighted by Crippen LogP contribution is 2.37. The molecule has 2 heterocycles. The summed E-state index contributed by atoms with van der Waals surface area (Å²) in [5.41, 5.74) is 1.90. The lowest BCUT2D eigenvalue weighted by Gasteiger charge is -2.38. The molecule has 0 unspecified atom stereocenters. The van der Waals surface area contributed by atoms with Crippen molar-refractivity contribution in [2.24, 2.45) is 0 Å². The van der Waals surface area contributed by atoms with E-state index in [1.54, 1.807) is 11.3 Å². The summed E-state index contributed by atoms with van der Waals surface area (Å²) >= 11 is 1.73. The van der Waals surface area contributed by atoms with Crippen LogP contribution in [0.3, 0.4) is 0 Å². The molecule has 0 amide bonds. The molecule has 1 saturated carbocycles. The molecule has 0 atom stereocenters. The third kappa shape index (κ3) is 2.59. The fourth-order valence-electron chi connectivity index (χ4n) is 2.96. The van der Waals surface area contributed by atoms with Gasteiger partial charge >= 0.3 is 0 Å². The molecule has 1 aromatic rings. The molecule has 1 saturated heterocycles. The van der Waals surface area contributed by atoms with E-state index in [-0.39, 0.29) is 5.79 Å². The first kappa shape index (κ1) is 12.5. The van der Waals surface area contributed by atoms with Gasteiger partial charge in [0.15, 0.2) is 5.79 Å². The average Bonchev–Trinajstić information content (AvgIpc) is 3.03. The van der Waals surface area contributed by atoms with Crippen molar-refractivity contribution in [2.45, 2.75) is 44.1 Å². The number of hydrogen-bond acceptors (Lipinski definition) is 5. The van der Waals surface area contributed by atoms with E-state index >= 15 is 0 Å². The molecule has 0 bridgehead atoms. The van der Waals surface area contributed by atoms with Crippen molar-refractivity contribution in [1.82, 2.24) is 9.88 Å². The summed E-state index contributed by atoms with van der Waals surface area (Å²) < 4.78 is 11.5. The van der Waals surface area contributed by atoms with Crippen molar-refractivity contribution >= 4 is 11.3 Å². The van der Waals surface area contributed by atoms with Gasteiger partial charge in [-0.2, -0.15) is 0 Å². The van der Waals surface area contributed by atoms with E-state index < -0.39 is 0 Å². The molecule has 1 spiro atoms. The fourth-order valence-corrected chi connectivity index (χ4v) is 3.62. The topological polar surface area (TPSA) is 34.6 Å². The number of thiazole rings is 1. The highest BCUT2D eigenvalue weighted by molar-refractivity contribution is 7.09. The minimum atomic E-state index is -0.234. The van der Waals surface area contributed by atoms with Crippen LogP contribution < -0.4 is 0 Å². The normalized spacial score (nSPS) is 24.1. The van der Waals surface area contributed by atoms with Gasteiger partial charge in [0.1, 0.15) is 0 Å². The van der Waals surface area contributed by atoms with Crippen LogP contribution in [0.25, 0.3) is 0 Å². The van der Waals surface area contributed by atoms with Gasteiger partial charge in [0.05, 0.1) is 18.7 Å². The maximum Gasteiger partial charge on any atom is 0.168 e. The van der Waals surface area contributed by atoms with Crippen LogP contribution in [-0.2, 0) is 16.0 Å².